The Hall–Kier alpha value is -6.68. The number of halogens is 24. The molecule has 0 bridgehead atoms. The molecule has 8 rings (SSSR count). The quantitative estimate of drug-likeness (QED) is 0.0521. The minimum Gasteiger partial charge on any atom is -0.747 e. The van der Waals surface area contributed by atoms with Gasteiger partial charge in [0.15, 0.2) is 0 Å². The van der Waals surface area contributed by atoms with Gasteiger partial charge in [0, 0.05) is 56.6 Å². The van der Waals surface area contributed by atoms with Crippen LogP contribution in [0.2, 0.25) is 0 Å². The van der Waals surface area contributed by atoms with Crippen LogP contribution in [-0.2, 0) is 79.3 Å². The summed E-state index contributed by atoms with van der Waals surface area (Å²) in [6.45, 7) is 0. The van der Waals surface area contributed by atoms with Gasteiger partial charge in [0.2, 0.25) is 0 Å². The molecule has 0 aliphatic heterocycles. The molecule has 0 atom stereocenters. The molecule has 484 valence electrons. The van der Waals surface area contributed by atoms with E-state index in [0.717, 1.165) is 0 Å². The first kappa shape index (κ1) is 71.4. The molecule has 2 nitrogen and oxygen atoms in total. The zero-order valence-corrected chi connectivity index (χ0v) is 48.5. The molecule has 0 aliphatic rings. The van der Waals surface area contributed by atoms with Crippen molar-refractivity contribution in [1.82, 2.24) is 0 Å². The van der Waals surface area contributed by atoms with Gasteiger partial charge in [-0.25, -0.2) is 20.1 Å². The van der Waals surface area contributed by atoms with Gasteiger partial charge >= 0.3 is 49.4 Å². The summed E-state index contributed by atoms with van der Waals surface area (Å²) in [5, 5.41) is -2.86. The van der Waals surface area contributed by atoms with Crippen LogP contribution in [-0.4, -0.2) is 28.2 Å². The summed E-state index contributed by atoms with van der Waals surface area (Å²) in [5.74, 6) is 0. The Morgan fingerprint density at radius 3 is 0.966 bits per heavy atom. The Morgan fingerprint density at radius 2 is 0.652 bits per heavy atom. The fourth-order valence-electron chi connectivity index (χ4n) is 9.36. The van der Waals surface area contributed by atoms with Gasteiger partial charge in [0.1, 0.15) is 0 Å². The van der Waals surface area contributed by atoms with Crippen molar-refractivity contribution in [3.8, 4) is 0 Å². The first-order valence-corrected chi connectivity index (χ1v) is 27.8. The van der Waals surface area contributed by atoms with Crippen molar-refractivity contribution >= 4 is 59.0 Å². The average Bonchev–Trinajstić information content (AvgIpc) is 2.75. The van der Waals surface area contributed by atoms with Gasteiger partial charge in [0.05, 0.1) is 44.5 Å². The first-order valence-electron chi connectivity index (χ1n) is 25.1. The smallest absolute Gasteiger partial charge is 0.416 e. The molecule has 0 fully saturated rings. The maximum absolute atomic E-state index is 13.8. The van der Waals surface area contributed by atoms with Crippen LogP contribution >= 0.6 is 15.8 Å². The van der Waals surface area contributed by atoms with Crippen molar-refractivity contribution < 1.29 is 122 Å². The second-order valence-electron chi connectivity index (χ2n) is 20.0. The zero-order valence-electron chi connectivity index (χ0n) is 45.6. The minimum atomic E-state index is -5.30. The number of benzene rings is 6. The van der Waals surface area contributed by atoms with Crippen LogP contribution in [0, 0.1) is 0 Å². The molecular formula is C60H42F24FeN2P2-6. The number of nitrogens with zero attached hydrogens (tertiary/aromatic N) is 2. The minimum absolute atomic E-state index is 0. The van der Waals surface area contributed by atoms with Gasteiger partial charge < -0.3 is 38.9 Å². The van der Waals surface area contributed by atoms with Crippen LogP contribution in [0.4, 0.5) is 117 Å². The van der Waals surface area contributed by atoms with E-state index in [0.29, 0.717) is 82.2 Å². The van der Waals surface area contributed by atoms with E-state index in [-0.39, 0.29) is 64.8 Å². The van der Waals surface area contributed by atoms with E-state index in [1.807, 2.05) is 0 Å². The monoisotopic (exact) mass is 1360 g/mol. The SMILES string of the molecule is CN(C)c1ccccc1C[c-]1[cH-][cH-][cH-][c-]1P(c1cc(C(F)(F)F)cc(C(F)(F)F)c1)c1cc(C(F)(F)F)cc(C(F)(F)F)c1.CN(C)c1ccccc1Cc1ccc[c-]1P(c1cc(C(F)(F)F)cc(C(F)(F)F)c1)c1cc(C(F)(F)F)cc(C(F)(F)F)c1.[Fe]. The maximum Gasteiger partial charge on any atom is 0.416 e. The molecule has 89 heavy (non-hydrogen) atoms. The number of hydrogen-bond acceptors (Lipinski definition) is 2. The van der Waals surface area contributed by atoms with Gasteiger partial charge in [-0.1, -0.05) is 60.5 Å². The predicted octanol–water partition coefficient (Wildman–Crippen LogP) is 17.8. The van der Waals surface area contributed by atoms with Crippen LogP contribution in [0.3, 0.4) is 0 Å². The molecule has 0 spiro atoms. The zero-order chi connectivity index (χ0) is 65.7. The molecule has 0 radical (unpaired) electrons. The van der Waals surface area contributed by atoms with Crippen molar-refractivity contribution in [3.05, 3.63) is 224 Å². The van der Waals surface area contributed by atoms with Crippen molar-refractivity contribution in [2.45, 2.75) is 62.3 Å². The summed E-state index contributed by atoms with van der Waals surface area (Å²) < 4.78 is 331. The Labute approximate surface area is 504 Å². The molecule has 8 aromatic rings. The van der Waals surface area contributed by atoms with Crippen LogP contribution in [0.5, 0.6) is 0 Å². The van der Waals surface area contributed by atoms with E-state index in [9.17, 15) is 105 Å². The predicted molar refractivity (Wildman–Crippen MR) is 289 cm³/mol. The number of para-hydroxylation sites is 2. The largest absolute Gasteiger partial charge is 0.747 e. The molecule has 0 aliphatic carbocycles. The van der Waals surface area contributed by atoms with E-state index in [4.69, 9.17) is 0 Å². The van der Waals surface area contributed by atoms with E-state index >= 15 is 0 Å². The van der Waals surface area contributed by atoms with E-state index in [1.54, 1.807) is 86.5 Å². The summed E-state index contributed by atoms with van der Waals surface area (Å²) >= 11 is 0. The molecular weight excluding hydrogens is 1320 g/mol. The van der Waals surface area contributed by atoms with E-state index < -0.39 is 131 Å². The molecule has 0 unspecified atom stereocenters. The van der Waals surface area contributed by atoms with Crippen molar-refractivity contribution in [2.24, 2.45) is 0 Å². The van der Waals surface area contributed by atoms with Crippen molar-refractivity contribution in [1.29, 1.82) is 0 Å². The standard InChI is InChI=1S/2C30H21F12NP.Fe/c2*1-43(2)25-8-4-3-6-17(25)10-18-7-5-9-26(18)44(23-13-19(27(31,32)33)11-20(14-23)28(34,35)36)24-15-21(29(37,38)39)12-22(16-24)30(40,41)42;/h2*3-9,11-16H,10H2,1-2H3;/q-5;-1;. The first-order chi connectivity index (χ1) is 40.3. The molecule has 29 heteroatoms. The van der Waals surface area contributed by atoms with Gasteiger partial charge in [-0.05, 0) is 108 Å². The molecule has 8 aromatic carbocycles. The molecule has 0 saturated heterocycles. The number of alkyl halides is 24. The van der Waals surface area contributed by atoms with Gasteiger partial charge in [-0.3, -0.25) is 0 Å². The fraction of sp³-hybridized carbons (Fsp3) is 0.233. The van der Waals surface area contributed by atoms with Crippen LogP contribution in [0.25, 0.3) is 0 Å². The molecule has 0 N–H and O–H groups in total. The topological polar surface area (TPSA) is 6.48 Å². The maximum atomic E-state index is 13.8. The van der Waals surface area contributed by atoms with Crippen molar-refractivity contribution in [2.75, 3.05) is 38.0 Å². The van der Waals surface area contributed by atoms with Gasteiger partial charge in [-0.15, -0.1) is 5.30 Å². The normalized spacial score (nSPS) is 12.9. The third kappa shape index (κ3) is 17.4. The van der Waals surface area contributed by atoms with E-state index in [1.165, 1.54) is 36.4 Å². The molecule has 0 heterocycles. The number of hydrogen-bond donors (Lipinski definition) is 0. The second kappa shape index (κ2) is 26.3. The van der Waals surface area contributed by atoms with Gasteiger partial charge in [-0.2, -0.15) is 123 Å². The summed E-state index contributed by atoms with van der Waals surface area (Å²) in [6.07, 6.45) is -42.4. The Kier molecular flexibility index (Phi) is 21.1. The second-order valence-corrected chi connectivity index (χ2v) is 24.4. The summed E-state index contributed by atoms with van der Waals surface area (Å²) in [4.78, 5) is 3.48. The average molecular weight is 1360 g/mol. The summed E-state index contributed by atoms with van der Waals surface area (Å²) in [5.41, 5.74) is -10.7. The summed E-state index contributed by atoms with van der Waals surface area (Å²) in [6, 6.07) is 24.2. The number of rotatable bonds is 12. The molecule has 0 saturated carbocycles. The summed E-state index contributed by atoms with van der Waals surface area (Å²) in [7, 11) is 1.25. The van der Waals surface area contributed by atoms with Crippen LogP contribution in [0.1, 0.15) is 66.8 Å². The Morgan fingerprint density at radius 1 is 0.360 bits per heavy atom. The third-order valence-electron chi connectivity index (χ3n) is 13.3. The molecule has 0 aromatic heterocycles. The third-order valence-corrected chi connectivity index (χ3v) is 18.2. The van der Waals surface area contributed by atoms with Crippen LogP contribution in [0.15, 0.2) is 158 Å². The van der Waals surface area contributed by atoms with E-state index in [2.05, 4.69) is 0 Å². The van der Waals surface area contributed by atoms with Gasteiger partial charge in [0.25, 0.3) is 0 Å². The number of anilines is 2. The Balaban J connectivity index is 0.000000281. The molecule has 0 amide bonds. The van der Waals surface area contributed by atoms with Crippen LogP contribution < -0.4 is 41.6 Å². The Bertz CT molecular complexity index is 3220. The fourth-order valence-corrected chi connectivity index (χ4v) is 14.6. The van der Waals surface area contributed by atoms with Crippen molar-refractivity contribution in [3.63, 3.8) is 0 Å².